The minimum atomic E-state index is 0.00327. The molecule has 1 aliphatic carbocycles. The number of halogens is 1. The number of rotatable bonds is 2. The van der Waals surface area contributed by atoms with Crippen LogP contribution in [0.15, 0.2) is 0 Å². The van der Waals surface area contributed by atoms with E-state index in [4.69, 9.17) is 4.98 Å². The van der Waals surface area contributed by atoms with Crippen molar-refractivity contribution < 1.29 is 0 Å². The summed E-state index contributed by atoms with van der Waals surface area (Å²) in [7, 11) is 1.94. The van der Waals surface area contributed by atoms with Gasteiger partial charge in [0.2, 0.25) is 0 Å². The first-order valence-corrected chi connectivity index (χ1v) is 7.77. The average Bonchev–Trinajstić information content (AvgIpc) is 2.81. The SMILES string of the molecule is CNc1nc(C(C)(C)C)nc(C2CCCC2)c1I. The number of hydrogen-bond acceptors (Lipinski definition) is 3. The highest BCUT2D eigenvalue weighted by Gasteiger charge is 2.26. The number of nitrogens with zero attached hydrogens (tertiary/aromatic N) is 2. The van der Waals surface area contributed by atoms with Crippen LogP contribution in [0.3, 0.4) is 0 Å². The Morgan fingerprint density at radius 3 is 2.28 bits per heavy atom. The summed E-state index contributed by atoms with van der Waals surface area (Å²) in [5.74, 6) is 2.57. The Balaban J connectivity index is 2.49. The number of anilines is 1. The minimum absolute atomic E-state index is 0.00327. The van der Waals surface area contributed by atoms with E-state index >= 15 is 0 Å². The molecular formula is C14H22IN3. The van der Waals surface area contributed by atoms with E-state index in [1.54, 1.807) is 0 Å². The van der Waals surface area contributed by atoms with Crippen molar-refractivity contribution in [2.45, 2.75) is 57.8 Å². The smallest absolute Gasteiger partial charge is 0.143 e. The van der Waals surface area contributed by atoms with Crippen molar-refractivity contribution in [1.82, 2.24) is 9.97 Å². The Kier molecular flexibility index (Phi) is 4.14. The Labute approximate surface area is 123 Å². The molecule has 0 amide bonds. The molecule has 0 aromatic carbocycles. The predicted molar refractivity (Wildman–Crippen MR) is 84.2 cm³/mol. The first kappa shape index (κ1) is 14.0. The van der Waals surface area contributed by atoms with Gasteiger partial charge in [0.05, 0.1) is 9.26 Å². The maximum Gasteiger partial charge on any atom is 0.143 e. The van der Waals surface area contributed by atoms with Gasteiger partial charge in [0, 0.05) is 18.4 Å². The topological polar surface area (TPSA) is 37.8 Å². The molecular weight excluding hydrogens is 337 g/mol. The largest absolute Gasteiger partial charge is 0.372 e. The summed E-state index contributed by atoms with van der Waals surface area (Å²) >= 11 is 2.39. The van der Waals surface area contributed by atoms with Crippen molar-refractivity contribution >= 4 is 28.4 Å². The molecule has 0 saturated heterocycles. The molecule has 4 heteroatoms. The molecule has 0 bridgehead atoms. The summed E-state index contributed by atoms with van der Waals surface area (Å²) in [6, 6.07) is 0. The van der Waals surface area contributed by atoms with Crippen LogP contribution < -0.4 is 5.32 Å². The van der Waals surface area contributed by atoms with Gasteiger partial charge in [-0.1, -0.05) is 33.6 Å². The van der Waals surface area contributed by atoms with Crippen LogP contribution in [0.2, 0.25) is 0 Å². The van der Waals surface area contributed by atoms with Crippen molar-refractivity contribution in [3.63, 3.8) is 0 Å². The molecule has 1 aromatic rings. The van der Waals surface area contributed by atoms with Crippen molar-refractivity contribution in [3.8, 4) is 0 Å². The van der Waals surface area contributed by atoms with Crippen molar-refractivity contribution in [1.29, 1.82) is 0 Å². The van der Waals surface area contributed by atoms with Crippen LogP contribution in [0.25, 0.3) is 0 Å². The molecule has 1 saturated carbocycles. The van der Waals surface area contributed by atoms with Crippen LogP contribution in [0.4, 0.5) is 5.82 Å². The molecule has 1 fully saturated rings. The van der Waals surface area contributed by atoms with Crippen LogP contribution in [0, 0.1) is 3.57 Å². The summed E-state index contributed by atoms with van der Waals surface area (Å²) < 4.78 is 1.20. The summed E-state index contributed by atoms with van der Waals surface area (Å²) in [5, 5.41) is 3.21. The van der Waals surface area contributed by atoms with Gasteiger partial charge in [-0.25, -0.2) is 9.97 Å². The number of nitrogens with one attached hydrogen (secondary N) is 1. The molecule has 1 N–H and O–H groups in total. The fraction of sp³-hybridized carbons (Fsp3) is 0.714. The van der Waals surface area contributed by atoms with E-state index in [9.17, 15) is 0 Å². The highest BCUT2D eigenvalue weighted by Crippen LogP contribution is 2.37. The van der Waals surface area contributed by atoms with E-state index in [2.05, 4.69) is 53.7 Å². The minimum Gasteiger partial charge on any atom is -0.372 e. The van der Waals surface area contributed by atoms with Gasteiger partial charge >= 0.3 is 0 Å². The molecule has 0 radical (unpaired) electrons. The maximum atomic E-state index is 4.88. The lowest BCUT2D eigenvalue weighted by Gasteiger charge is -2.21. The zero-order valence-electron chi connectivity index (χ0n) is 11.7. The molecule has 100 valence electrons. The van der Waals surface area contributed by atoms with Crippen molar-refractivity contribution in [2.24, 2.45) is 0 Å². The lowest BCUT2D eigenvalue weighted by Crippen LogP contribution is -2.20. The molecule has 0 unspecified atom stereocenters. The quantitative estimate of drug-likeness (QED) is 0.809. The molecule has 1 aromatic heterocycles. The Morgan fingerprint density at radius 2 is 1.78 bits per heavy atom. The highest BCUT2D eigenvalue weighted by molar-refractivity contribution is 14.1. The van der Waals surface area contributed by atoms with Gasteiger partial charge in [0.1, 0.15) is 11.6 Å². The number of hydrogen-bond donors (Lipinski definition) is 1. The van der Waals surface area contributed by atoms with E-state index in [0.29, 0.717) is 5.92 Å². The van der Waals surface area contributed by atoms with E-state index < -0.39 is 0 Å². The van der Waals surface area contributed by atoms with Crippen molar-refractivity contribution in [2.75, 3.05) is 12.4 Å². The standard InChI is InChI=1S/C14H22IN3/c1-14(2,3)13-17-11(9-7-5-6-8-9)10(15)12(16-4)18-13/h9H,5-8H2,1-4H3,(H,16,17,18). The van der Waals surface area contributed by atoms with Gasteiger partial charge in [0.25, 0.3) is 0 Å². The van der Waals surface area contributed by atoms with Gasteiger partial charge in [-0.05, 0) is 35.4 Å². The lowest BCUT2D eigenvalue weighted by molar-refractivity contribution is 0.535. The second-order valence-electron chi connectivity index (χ2n) is 6.08. The fourth-order valence-corrected chi connectivity index (χ4v) is 3.39. The van der Waals surface area contributed by atoms with E-state index in [1.165, 1.54) is 34.9 Å². The van der Waals surface area contributed by atoms with Crippen LogP contribution in [-0.4, -0.2) is 17.0 Å². The summed E-state index contributed by atoms with van der Waals surface area (Å²) in [4.78, 5) is 9.54. The molecule has 0 atom stereocenters. The lowest BCUT2D eigenvalue weighted by atomic mass is 9.94. The number of aromatic nitrogens is 2. The summed E-state index contributed by atoms with van der Waals surface area (Å²) in [6.45, 7) is 6.52. The molecule has 1 heterocycles. The van der Waals surface area contributed by atoms with E-state index in [1.807, 2.05) is 7.05 Å². The first-order chi connectivity index (χ1) is 8.43. The molecule has 3 nitrogen and oxygen atoms in total. The Bertz CT molecular complexity index is 431. The molecule has 0 aliphatic heterocycles. The molecule has 1 aliphatic rings. The maximum absolute atomic E-state index is 4.88. The van der Waals surface area contributed by atoms with E-state index in [-0.39, 0.29) is 5.41 Å². The van der Waals surface area contributed by atoms with Crippen LogP contribution >= 0.6 is 22.6 Å². The van der Waals surface area contributed by atoms with Gasteiger partial charge in [-0.3, -0.25) is 0 Å². The predicted octanol–water partition coefficient (Wildman–Crippen LogP) is 4.08. The van der Waals surface area contributed by atoms with Gasteiger partial charge in [-0.2, -0.15) is 0 Å². The zero-order chi connectivity index (χ0) is 13.3. The normalized spacial score (nSPS) is 17.2. The second kappa shape index (κ2) is 5.31. The highest BCUT2D eigenvalue weighted by atomic mass is 127. The molecule has 2 rings (SSSR count). The summed E-state index contributed by atoms with van der Waals surface area (Å²) in [6.07, 6.45) is 5.23. The third-order valence-electron chi connectivity index (χ3n) is 3.53. The van der Waals surface area contributed by atoms with Crippen LogP contribution in [0.1, 0.15) is 63.9 Å². The van der Waals surface area contributed by atoms with Gasteiger partial charge < -0.3 is 5.32 Å². The average molecular weight is 359 g/mol. The van der Waals surface area contributed by atoms with Gasteiger partial charge in [-0.15, -0.1) is 0 Å². The van der Waals surface area contributed by atoms with Crippen LogP contribution in [-0.2, 0) is 5.41 Å². The fourth-order valence-electron chi connectivity index (χ4n) is 2.44. The van der Waals surface area contributed by atoms with Crippen molar-refractivity contribution in [3.05, 3.63) is 15.1 Å². The Hall–Kier alpha value is -0.390. The second-order valence-corrected chi connectivity index (χ2v) is 7.16. The summed E-state index contributed by atoms with van der Waals surface area (Å²) in [5.41, 5.74) is 1.26. The zero-order valence-corrected chi connectivity index (χ0v) is 13.8. The van der Waals surface area contributed by atoms with Crippen LogP contribution in [0.5, 0.6) is 0 Å². The molecule has 0 spiro atoms. The first-order valence-electron chi connectivity index (χ1n) is 6.69. The van der Waals surface area contributed by atoms with E-state index in [0.717, 1.165) is 11.6 Å². The third kappa shape index (κ3) is 2.78. The monoisotopic (exact) mass is 359 g/mol. The van der Waals surface area contributed by atoms with Gasteiger partial charge in [0.15, 0.2) is 0 Å². The third-order valence-corrected chi connectivity index (χ3v) is 4.59. The molecule has 18 heavy (non-hydrogen) atoms. The Morgan fingerprint density at radius 1 is 1.17 bits per heavy atom.